The van der Waals surface area contributed by atoms with Crippen LogP contribution in [0.1, 0.15) is 28.4 Å². The third-order valence-electron chi connectivity index (χ3n) is 5.18. The normalized spacial score (nSPS) is 14.8. The Labute approximate surface area is 194 Å². The maximum absolute atomic E-state index is 13.8. The zero-order valence-corrected chi connectivity index (χ0v) is 18.1. The van der Waals surface area contributed by atoms with Crippen molar-refractivity contribution in [3.63, 3.8) is 0 Å². The van der Waals surface area contributed by atoms with Crippen LogP contribution in [0.25, 0.3) is 6.08 Å². The second kappa shape index (κ2) is 9.50. The number of hydrogen-bond donors (Lipinski definition) is 1. The fraction of sp³-hybridized carbons (Fsp3) is 0.0769. The second-order valence-electron chi connectivity index (χ2n) is 7.42. The first kappa shape index (κ1) is 22.6. The predicted octanol–water partition coefficient (Wildman–Crippen LogP) is 4.27. The minimum atomic E-state index is -0.887. The first-order valence-corrected chi connectivity index (χ1v) is 10.4. The number of aryl methyl sites for hydroxylation is 1. The molecule has 7 nitrogen and oxygen atoms in total. The standard InChI is InChI=1S/C26H19FN2O5/c1-2-16-10-12-18(13-11-16)29-24(31)21(23(30)28-26(29)33)15-17-6-5-7-19(14-17)34-25(32)20-8-3-4-9-22(20)27/h3-15H,2H2,1H3,(H,28,30,33)/b21-15-. The number of urea groups is 1. The molecule has 4 rings (SSSR count). The van der Waals surface area contributed by atoms with Gasteiger partial charge in [0.05, 0.1) is 11.3 Å². The van der Waals surface area contributed by atoms with Crippen LogP contribution in [0.5, 0.6) is 5.75 Å². The number of ether oxygens (including phenoxy) is 1. The minimum Gasteiger partial charge on any atom is -0.423 e. The highest BCUT2D eigenvalue weighted by Gasteiger charge is 2.36. The molecule has 8 heteroatoms. The zero-order valence-electron chi connectivity index (χ0n) is 18.1. The number of halogens is 1. The summed E-state index contributed by atoms with van der Waals surface area (Å²) in [6, 6.07) is 17.5. The lowest BCUT2D eigenvalue weighted by Crippen LogP contribution is -2.54. The Kier molecular flexibility index (Phi) is 6.31. The molecule has 4 amide bonds. The Morgan fingerprint density at radius 3 is 2.44 bits per heavy atom. The van der Waals surface area contributed by atoms with Crippen LogP contribution < -0.4 is 15.0 Å². The number of anilines is 1. The van der Waals surface area contributed by atoms with Gasteiger partial charge in [0.1, 0.15) is 17.1 Å². The van der Waals surface area contributed by atoms with Crippen molar-refractivity contribution in [2.75, 3.05) is 4.90 Å². The molecule has 3 aromatic rings. The molecule has 0 bridgehead atoms. The third-order valence-corrected chi connectivity index (χ3v) is 5.18. The summed E-state index contributed by atoms with van der Waals surface area (Å²) >= 11 is 0. The minimum absolute atomic E-state index is 0.0920. The number of esters is 1. The molecule has 34 heavy (non-hydrogen) atoms. The summed E-state index contributed by atoms with van der Waals surface area (Å²) in [5.74, 6) is -3.14. The first-order chi connectivity index (χ1) is 16.4. The molecule has 3 aromatic carbocycles. The lowest BCUT2D eigenvalue weighted by atomic mass is 10.1. The van der Waals surface area contributed by atoms with Gasteiger partial charge in [-0.1, -0.05) is 43.3 Å². The van der Waals surface area contributed by atoms with E-state index in [-0.39, 0.29) is 16.9 Å². The van der Waals surface area contributed by atoms with E-state index < -0.39 is 29.6 Å². The highest BCUT2D eigenvalue weighted by atomic mass is 19.1. The number of benzene rings is 3. The lowest BCUT2D eigenvalue weighted by molar-refractivity contribution is -0.122. The van der Waals surface area contributed by atoms with E-state index in [4.69, 9.17) is 4.74 Å². The lowest BCUT2D eigenvalue weighted by Gasteiger charge is -2.26. The molecule has 1 heterocycles. The molecule has 0 spiro atoms. The van der Waals surface area contributed by atoms with E-state index in [9.17, 15) is 23.6 Å². The summed E-state index contributed by atoms with van der Waals surface area (Å²) in [7, 11) is 0. The predicted molar refractivity (Wildman–Crippen MR) is 123 cm³/mol. The number of carbonyl (C=O) groups is 4. The van der Waals surface area contributed by atoms with Gasteiger partial charge < -0.3 is 4.74 Å². The number of hydrogen-bond acceptors (Lipinski definition) is 5. The number of nitrogens with one attached hydrogen (secondary N) is 1. The Morgan fingerprint density at radius 1 is 1.00 bits per heavy atom. The Morgan fingerprint density at radius 2 is 1.74 bits per heavy atom. The molecule has 1 saturated heterocycles. The summed E-state index contributed by atoms with van der Waals surface area (Å²) in [6.07, 6.45) is 2.08. The van der Waals surface area contributed by atoms with Gasteiger partial charge in [-0.15, -0.1) is 0 Å². The molecular formula is C26H19FN2O5. The molecule has 0 atom stereocenters. The van der Waals surface area contributed by atoms with Crippen molar-refractivity contribution in [1.82, 2.24) is 5.32 Å². The molecule has 1 aliphatic rings. The van der Waals surface area contributed by atoms with E-state index in [2.05, 4.69) is 5.32 Å². The van der Waals surface area contributed by atoms with Crippen molar-refractivity contribution in [3.05, 3.63) is 101 Å². The van der Waals surface area contributed by atoms with Gasteiger partial charge in [0.25, 0.3) is 11.8 Å². The number of carbonyl (C=O) groups excluding carboxylic acids is 4. The van der Waals surface area contributed by atoms with Gasteiger partial charge in [-0.2, -0.15) is 0 Å². The number of rotatable bonds is 5. The molecular weight excluding hydrogens is 439 g/mol. The van der Waals surface area contributed by atoms with Crippen molar-refractivity contribution < 1.29 is 28.3 Å². The molecule has 1 N–H and O–H groups in total. The summed E-state index contributed by atoms with van der Waals surface area (Å²) in [5, 5.41) is 2.16. The average molecular weight is 458 g/mol. The van der Waals surface area contributed by atoms with Gasteiger partial charge in [-0.25, -0.2) is 18.9 Å². The number of imide groups is 2. The maximum Gasteiger partial charge on any atom is 0.346 e. The van der Waals surface area contributed by atoms with Crippen LogP contribution in [0.15, 0.2) is 78.4 Å². The van der Waals surface area contributed by atoms with Gasteiger partial charge in [0.15, 0.2) is 0 Å². The van der Waals surface area contributed by atoms with Gasteiger partial charge >= 0.3 is 12.0 Å². The van der Waals surface area contributed by atoms with Crippen molar-refractivity contribution in [1.29, 1.82) is 0 Å². The number of amides is 4. The van der Waals surface area contributed by atoms with Crippen LogP contribution in [0.3, 0.4) is 0 Å². The summed E-state index contributed by atoms with van der Waals surface area (Å²) in [4.78, 5) is 51.0. The fourth-order valence-corrected chi connectivity index (χ4v) is 3.40. The van der Waals surface area contributed by atoms with E-state index in [1.807, 2.05) is 6.92 Å². The van der Waals surface area contributed by atoms with E-state index in [1.165, 1.54) is 36.4 Å². The van der Waals surface area contributed by atoms with Crippen molar-refractivity contribution in [2.24, 2.45) is 0 Å². The summed E-state index contributed by atoms with van der Waals surface area (Å²) in [5.41, 5.74) is 1.23. The molecule has 0 saturated carbocycles. The quantitative estimate of drug-likeness (QED) is 0.267. The van der Waals surface area contributed by atoms with Gasteiger partial charge in [-0.05, 0) is 60.0 Å². The third kappa shape index (κ3) is 4.61. The Bertz CT molecular complexity index is 1330. The highest BCUT2D eigenvalue weighted by molar-refractivity contribution is 6.39. The van der Waals surface area contributed by atoms with E-state index in [0.29, 0.717) is 11.3 Å². The second-order valence-corrected chi connectivity index (χ2v) is 7.42. The molecule has 0 radical (unpaired) electrons. The van der Waals surface area contributed by atoms with Crippen LogP contribution in [-0.2, 0) is 16.0 Å². The molecule has 0 unspecified atom stereocenters. The SMILES string of the molecule is CCc1ccc(N2C(=O)NC(=O)/C(=C/c3cccc(OC(=O)c4ccccc4F)c3)C2=O)cc1. The first-order valence-electron chi connectivity index (χ1n) is 10.4. The van der Waals surface area contributed by atoms with E-state index in [0.717, 1.165) is 23.0 Å². The molecule has 0 aliphatic carbocycles. The highest BCUT2D eigenvalue weighted by Crippen LogP contribution is 2.24. The van der Waals surface area contributed by atoms with Gasteiger partial charge in [0.2, 0.25) is 0 Å². The van der Waals surface area contributed by atoms with Crippen molar-refractivity contribution in [3.8, 4) is 5.75 Å². The topological polar surface area (TPSA) is 92.8 Å². The largest absolute Gasteiger partial charge is 0.423 e. The van der Waals surface area contributed by atoms with Crippen LogP contribution in [0, 0.1) is 5.82 Å². The van der Waals surface area contributed by atoms with Gasteiger partial charge in [0, 0.05) is 0 Å². The molecule has 0 aromatic heterocycles. The van der Waals surface area contributed by atoms with Crippen LogP contribution in [0.2, 0.25) is 0 Å². The Balaban J connectivity index is 1.60. The molecule has 1 fully saturated rings. The molecule has 170 valence electrons. The van der Waals surface area contributed by atoms with Gasteiger partial charge in [-0.3, -0.25) is 14.9 Å². The number of barbiturate groups is 1. The zero-order chi connectivity index (χ0) is 24.2. The summed E-state index contributed by atoms with van der Waals surface area (Å²) < 4.78 is 19.1. The Hall–Kier alpha value is -4.59. The maximum atomic E-state index is 13.8. The molecule has 1 aliphatic heterocycles. The van der Waals surface area contributed by atoms with Crippen LogP contribution >= 0.6 is 0 Å². The monoisotopic (exact) mass is 458 g/mol. The van der Waals surface area contributed by atoms with E-state index in [1.54, 1.807) is 36.4 Å². The number of nitrogens with zero attached hydrogens (tertiary/aromatic N) is 1. The van der Waals surface area contributed by atoms with Crippen LogP contribution in [0.4, 0.5) is 14.9 Å². The average Bonchev–Trinajstić information content (AvgIpc) is 2.82. The smallest absolute Gasteiger partial charge is 0.346 e. The van der Waals surface area contributed by atoms with Crippen LogP contribution in [-0.4, -0.2) is 23.8 Å². The van der Waals surface area contributed by atoms with E-state index >= 15 is 0 Å². The van der Waals surface area contributed by atoms with Crippen molar-refractivity contribution >= 4 is 35.6 Å². The summed E-state index contributed by atoms with van der Waals surface area (Å²) in [6.45, 7) is 1.98. The fourth-order valence-electron chi connectivity index (χ4n) is 3.40. The van der Waals surface area contributed by atoms with Crippen molar-refractivity contribution in [2.45, 2.75) is 13.3 Å².